The molecule has 1 N–H and O–H groups in total. The Morgan fingerprint density at radius 1 is 1.11 bits per heavy atom. The number of hydrogen-bond acceptors (Lipinski definition) is 7. The van der Waals surface area contributed by atoms with Gasteiger partial charge in [0.1, 0.15) is 10.6 Å². The maximum absolute atomic E-state index is 12.5. The lowest BCUT2D eigenvalue weighted by Crippen LogP contribution is -2.20. The van der Waals surface area contributed by atoms with Crippen molar-refractivity contribution in [1.82, 2.24) is 15.2 Å². The summed E-state index contributed by atoms with van der Waals surface area (Å²) in [7, 11) is 0. The first-order valence-corrected chi connectivity index (χ1v) is 9.89. The molecule has 0 aliphatic rings. The lowest BCUT2D eigenvalue weighted by molar-refractivity contribution is 0.102. The third-order valence-electron chi connectivity index (χ3n) is 3.57. The van der Waals surface area contributed by atoms with Crippen LogP contribution in [0.5, 0.6) is 0 Å². The highest BCUT2D eigenvalue weighted by Gasteiger charge is 2.17. The molecule has 0 atom stereocenters. The Kier molecular flexibility index (Phi) is 4.85. The largest absolute Gasteiger partial charge is 0.421 e. The van der Waals surface area contributed by atoms with Crippen molar-refractivity contribution >= 4 is 65.2 Å². The average molecular weight is 508 g/mol. The fourth-order valence-corrected chi connectivity index (χ4v) is 4.45. The Bertz CT molecular complexity index is 1220. The Morgan fingerprint density at radius 3 is 2.67 bits per heavy atom. The van der Waals surface area contributed by atoms with Gasteiger partial charge in [-0.05, 0) is 46.3 Å². The predicted octanol–water partition coefficient (Wildman–Crippen LogP) is 4.48. The number of rotatable bonds is 3. The number of benzene rings is 1. The minimum Gasteiger partial charge on any atom is -0.421 e. The van der Waals surface area contributed by atoms with Crippen molar-refractivity contribution in [3.63, 3.8) is 0 Å². The quantitative estimate of drug-likeness (QED) is 0.410. The molecule has 4 aromatic rings. The highest BCUT2D eigenvalue weighted by molar-refractivity contribution is 9.11. The maximum atomic E-state index is 12.5. The molecule has 3 aromatic heterocycles. The van der Waals surface area contributed by atoms with E-state index in [1.165, 1.54) is 17.4 Å². The van der Waals surface area contributed by atoms with E-state index >= 15 is 0 Å². The van der Waals surface area contributed by atoms with Crippen molar-refractivity contribution in [2.75, 3.05) is 5.32 Å². The number of amides is 1. The number of nitrogens with one attached hydrogen (secondary N) is 1. The van der Waals surface area contributed by atoms with Crippen LogP contribution >= 0.6 is 43.2 Å². The number of halogens is 2. The number of pyridine rings is 1. The zero-order chi connectivity index (χ0) is 19.0. The zero-order valence-electron chi connectivity index (χ0n) is 13.3. The minimum atomic E-state index is -0.734. The molecule has 4 rings (SSSR count). The van der Waals surface area contributed by atoms with E-state index in [0.717, 1.165) is 10.0 Å². The minimum absolute atomic E-state index is 0.117. The number of nitrogens with zero attached hydrogens (tertiary/aromatic N) is 3. The van der Waals surface area contributed by atoms with Crippen LogP contribution in [0.15, 0.2) is 60.9 Å². The molecule has 10 heteroatoms. The molecule has 0 spiro atoms. The Hall–Kier alpha value is -2.43. The Morgan fingerprint density at radius 2 is 1.89 bits per heavy atom. The van der Waals surface area contributed by atoms with Gasteiger partial charge in [0.15, 0.2) is 5.58 Å². The van der Waals surface area contributed by atoms with E-state index in [-0.39, 0.29) is 10.7 Å². The molecular weight excluding hydrogens is 500 g/mol. The highest BCUT2D eigenvalue weighted by Crippen LogP contribution is 2.29. The molecule has 0 fully saturated rings. The topological polar surface area (TPSA) is 98.0 Å². The summed E-state index contributed by atoms with van der Waals surface area (Å²) in [6.07, 6.45) is 3.29. The predicted molar refractivity (Wildman–Crippen MR) is 109 cm³/mol. The fraction of sp³-hybridized carbons (Fsp3) is 0. The molecule has 7 nitrogen and oxygen atoms in total. The van der Waals surface area contributed by atoms with Gasteiger partial charge in [-0.15, -0.1) is 10.2 Å². The SMILES string of the molecule is O=C(Nc1nnc(-c2ccncc2)s1)c1cc2cc(Br)cc(Br)c2oc1=O. The van der Waals surface area contributed by atoms with E-state index in [4.69, 9.17) is 4.42 Å². The van der Waals surface area contributed by atoms with Crippen molar-refractivity contribution in [2.45, 2.75) is 0 Å². The van der Waals surface area contributed by atoms with Crippen LogP contribution in [-0.4, -0.2) is 21.1 Å². The molecule has 1 aromatic carbocycles. The molecule has 3 heterocycles. The average Bonchev–Trinajstić information content (AvgIpc) is 3.11. The van der Waals surface area contributed by atoms with Gasteiger partial charge in [-0.1, -0.05) is 27.3 Å². The first kappa shape index (κ1) is 18.0. The molecule has 134 valence electrons. The summed E-state index contributed by atoms with van der Waals surface area (Å²) in [5.41, 5.74) is 0.355. The van der Waals surface area contributed by atoms with Crippen molar-refractivity contribution < 1.29 is 9.21 Å². The maximum Gasteiger partial charge on any atom is 0.349 e. The first-order chi connectivity index (χ1) is 13.0. The zero-order valence-corrected chi connectivity index (χ0v) is 17.3. The molecule has 0 bridgehead atoms. The van der Waals surface area contributed by atoms with Crippen LogP contribution in [0.3, 0.4) is 0 Å². The number of aromatic nitrogens is 3. The third-order valence-corrected chi connectivity index (χ3v) is 5.50. The summed E-state index contributed by atoms with van der Waals surface area (Å²) < 4.78 is 6.69. The summed E-state index contributed by atoms with van der Waals surface area (Å²) in [6, 6.07) is 8.58. The number of carbonyl (C=O) groups excluding carboxylic acids is 1. The molecule has 0 unspecified atom stereocenters. The van der Waals surface area contributed by atoms with Crippen molar-refractivity contribution in [3.05, 3.63) is 67.7 Å². The molecular formula is C17H8Br2N4O3S. The Labute approximate surface area is 172 Å². The van der Waals surface area contributed by atoms with Crippen LogP contribution in [0.25, 0.3) is 21.5 Å². The van der Waals surface area contributed by atoms with Gasteiger partial charge in [-0.2, -0.15) is 0 Å². The van der Waals surface area contributed by atoms with Crippen LogP contribution in [0, 0.1) is 0 Å². The number of carbonyl (C=O) groups is 1. The van der Waals surface area contributed by atoms with E-state index in [1.807, 2.05) is 0 Å². The highest BCUT2D eigenvalue weighted by atomic mass is 79.9. The standard InChI is InChI=1S/C17H8Br2N4O3S/c18-10-5-9-6-11(16(25)26-13(9)12(19)7-10)14(24)21-17-23-22-15(27-17)8-1-3-20-4-2-8/h1-7H,(H,21,23,24). The van der Waals surface area contributed by atoms with Crippen molar-refractivity contribution in [1.29, 1.82) is 0 Å². The molecule has 0 aliphatic carbocycles. The van der Waals surface area contributed by atoms with E-state index in [0.29, 0.717) is 20.4 Å². The smallest absolute Gasteiger partial charge is 0.349 e. The van der Waals surface area contributed by atoms with Crippen LogP contribution in [-0.2, 0) is 0 Å². The molecule has 1 amide bonds. The van der Waals surface area contributed by atoms with E-state index in [9.17, 15) is 9.59 Å². The van der Waals surface area contributed by atoms with Crippen LogP contribution < -0.4 is 10.9 Å². The second-order valence-electron chi connectivity index (χ2n) is 5.36. The van der Waals surface area contributed by atoms with Crippen LogP contribution in [0.1, 0.15) is 10.4 Å². The number of anilines is 1. The van der Waals surface area contributed by atoms with Crippen LogP contribution in [0.2, 0.25) is 0 Å². The summed E-state index contributed by atoms with van der Waals surface area (Å²) in [6.45, 7) is 0. The van der Waals surface area contributed by atoms with Gasteiger partial charge in [0.05, 0.1) is 4.47 Å². The lowest BCUT2D eigenvalue weighted by atomic mass is 10.2. The normalized spacial score (nSPS) is 10.9. The molecule has 0 saturated heterocycles. The number of hydrogen-bond donors (Lipinski definition) is 1. The first-order valence-electron chi connectivity index (χ1n) is 7.49. The summed E-state index contributed by atoms with van der Waals surface area (Å²) in [4.78, 5) is 28.7. The van der Waals surface area contributed by atoms with Gasteiger partial charge in [-0.3, -0.25) is 15.1 Å². The summed E-state index contributed by atoms with van der Waals surface area (Å²) >= 11 is 7.90. The van der Waals surface area contributed by atoms with Gasteiger partial charge in [0, 0.05) is 27.8 Å². The lowest BCUT2D eigenvalue weighted by Gasteiger charge is -2.04. The molecule has 27 heavy (non-hydrogen) atoms. The van der Waals surface area contributed by atoms with Gasteiger partial charge in [0.25, 0.3) is 5.91 Å². The van der Waals surface area contributed by atoms with Gasteiger partial charge >= 0.3 is 5.63 Å². The van der Waals surface area contributed by atoms with Gasteiger partial charge < -0.3 is 4.42 Å². The van der Waals surface area contributed by atoms with E-state index in [2.05, 4.69) is 52.4 Å². The molecule has 0 radical (unpaired) electrons. The van der Waals surface area contributed by atoms with E-state index in [1.54, 1.807) is 36.7 Å². The van der Waals surface area contributed by atoms with Gasteiger partial charge in [-0.25, -0.2) is 4.79 Å². The molecule has 0 saturated carbocycles. The van der Waals surface area contributed by atoms with Gasteiger partial charge in [0.2, 0.25) is 5.13 Å². The number of fused-ring (bicyclic) bond motifs is 1. The fourth-order valence-electron chi connectivity index (χ4n) is 2.36. The second kappa shape index (κ2) is 7.29. The third kappa shape index (κ3) is 3.68. The van der Waals surface area contributed by atoms with Crippen LogP contribution in [0.4, 0.5) is 5.13 Å². The van der Waals surface area contributed by atoms with Crippen molar-refractivity contribution in [3.8, 4) is 10.6 Å². The monoisotopic (exact) mass is 506 g/mol. The Balaban J connectivity index is 1.65. The second-order valence-corrected chi connectivity index (χ2v) is 8.10. The summed E-state index contributed by atoms with van der Waals surface area (Å²) in [5.74, 6) is -0.612. The van der Waals surface area contributed by atoms with E-state index < -0.39 is 11.5 Å². The molecule has 0 aliphatic heterocycles. The summed E-state index contributed by atoms with van der Waals surface area (Å²) in [5, 5.41) is 12.1. The van der Waals surface area contributed by atoms with Crippen molar-refractivity contribution in [2.24, 2.45) is 0 Å².